The molecule has 1 amide bonds. The molecule has 2 fully saturated rings. The first-order valence-corrected chi connectivity index (χ1v) is 8.67. The minimum atomic E-state index is -0.628. The van der Waals surface area contributed by atoms with Gasteiger partial charge in [-0.1, -0.05) is 51.4 Å². The molecule has 0 unspecified atom stereocenters. The van der Waals surface area contributed by atoms with Crippen LogP contribution in [0.15, 0.2) is 0 Å². The van der Waals surface area contributed by atoms with Crippen LogP contribution in [0.3, 0.4) is 0 Å². The first-order valence-electron chi connectivity index (χ1n) is 8.67. The summed E-state index contributed by atoms with van der Waals surface area (Å²) in [4.78, 5) is 11.8. The van der Waals surface area contributed by atoms with Gasteiger partial charge in [0.15, 0.2) is 0 Å². The zero-order chi connectivity index (χ0) is 14.3. The third-order valence-corrected chi connectivity index (χ3v) is 5.14. The summed E-state index contributed by atoms with van der Waals surface area (Å²) >= 11 is 0. The van der Waals surface area contributed by atoms with E-state index in [1.165, 1.54) is 44.9 Å². The molecule has 0 aliphatic heterocycles. The van der Waals surface area contributed by atoms with Crippen molar-refractivity contribution in [3.05, 3.63) is 0 Å². The van der Waals surface area contributed by atoms with Crippen LogP contribution >= 0.6 is 0 Å². The zero-order valence-corrected chi connectivity index (χ0v) is 12.8. The molecule has 0 spiro atoms. The Morgan fingerprint density at radius 1 is 1.05 bits per heavy atom. The molecule has 0 aromatic heterocycles. The monoisotopic (exact) mass is 281 g/mol. The van der Waals surface area contributed by atoms with E-state index in [2.05, 4.69) is 5.32 Å². The molecular formula is C17H31NO2. The summed E-state index contributed by atoms with van der Waals surface area (Å²) in [5.74, 6) is 0.985. The van der Waals surface area contributed by atoms with E-state index in [-0.39, 0.29) is 5.91 Å². The lowest BCUT2D eigenvalue weighted by molar-refractivity contribution is -0.122. The third-order valence-electron chi connectivity index (χ3n) is 5.14. The van der Waals surface area contributed by atoms with E-state index < -0.39 is 5.60 Å². The highest BCUT2D eigenvalue weighted by molar-refractivity contribution is 5.75. The molecule has 0 aromatic carbocycles. The summed E-state index contributed by atoms with van der Waals surface area (Å²) in [5, 5.41) is 13.3. The van der Waals surface area contributed by atoms with Crippen molar-refractivity contribution in [3.63, 3.8) is 0 Å². The first kappa shape index (κ1) is 15.8. The number of rotatable bonds is 6. The van der Waals surface area contributed by atoms with E-state index in [4.69, 9.17) is 0 Å². The van der Waals surface area contributed by atoms with Gasteiger partial charge >= 0.3 is 0 Å². The van der Waals surface area contributed by atoms with Crippen LogP contribution in [0.4, 0.5) is 0 Å². The van der Waals surface area contributed by atoms with Crippen molar-refractivity contribution in [2.75, 3.05) is 6.54 Å². The highest BCUT2D eigenvalue weighted by atomic mass is 16.3. The maximum atomic E-state index is 11.8. The van der Waals surface area contributed by atoms with Gasteiger partial charge in [-0.15, -0.1) is 0 Å². The molecule has 0 heterocycles. The number of carbonyl (C=O) groups excluding carboxylic acids is 1. The van der Waals surface area contributed by atoms with Crippen LogP contribution in [0.2, 0.25) is 0 Å². The van der Waals surface area contributed by atoms with Crippen LogP contribution in [0.25, 0.3) is 0 Å². The van der Waals surface area contributed by atoms with Gasteiger partial charge in [0.1, 0.15) is 0 Å². The normalized spacial score (nSPS) is 23.4. The molecule has 116 valence electrons. The highest BCUT2D eigenvalue weighted by Gasteiger charge is 2.29. The van der Waals surface area contributed by atoms with Gasteiger partial charge in [-0.05, 0) is 31.6 Å². The second kappa shape index (κ2) is 8.02. The van der Waals surface area contributed by atoms with Crippen molar-refractivity contribution in [3.8, 4) is 0 Å². The number of carbonyl (C=O) groups is 1. The number of hydrogen-bond acceptors (Lipinski definition) is 2. The fourth-order valence-corrected chi connectivity index (χ4v) is 3.77. The molecular weight excluding hydrogens is 250 g/mol. The largest absolute Gasteiger partial charge is 0.388 e. The number of nitrogens with one attached hydrogen (secondary N) is 1. The van der Waals surface area contributed by atoms with Crippen molar-refractivity contribution in [2.45, 2.75) is 89.1 Å². The molecule has 20 heavy (non-hydrogen) atoms. The molecule has 3 nitrogen and oxygen atoms in total. The summed E-state index contributed by atoms with van der Waals surface area (Å²) in [7, 11) is 0. The standard InChI is InChI=1S/C17H31NO2/c19-16(11-7-10-15-8-3-1-4-9-15)18-14-17(20)12-5-2-6-13-17/h15,20H,1-14H2,(H,18,19). The number of aliphatic hydroxyl groups is 1. The quantitative estimate of drug-likeness (QED) is 0.782. The Kier molecular flexibility index (Phi) is 6.34. The maximum Gasteiger partial charge on any atom is 0.220 e. The third kappa shape index (κ3) is 5.43. The smallest absolute Gasteiger partial charge is 0.220 e. The van der Waals surface area contributed by atoms with Crippen LogP contribution in [-0.2, 0) is 4.79 Å². The average molecular weight is 281 g/mol. The molecule has 2 rings (SSSR count). The van der Waals surface area contributed by atoms with Crippen molar-refractivity contribution >= 4 is 5.91 Å². The molecule has 2 aliphatic rings. The lowest BCUT2D eigenvalue weighted by Gasteiger charge is -2.32. The van der Waals surface area contributed by atoms with Crippen molar-refractivity contribution in [1.82, 2.24) is 5.32 Å². The van der Waals surface area contributed by atoms with E-state index in [1.807, 2.05) is 0 Å². The minimum Gasteiger partial charge on any atom is -0.388 e. The molecule has 0 atom stereocenters. The van der Waals surface area contributed by atoms with E-state index in [1.54, 1.807) is 0 Å². The van der Waals surface area contributed by atoms with Gasteiger partial charge < -0.3 is 10.4 Å². The Bertz CT molecular complexity index is 291. The van der Waals surface area contributed by atoms with Crippen LogP contribution in [-0.4, -0.2) is 23.2 Å². The van der Waals surface area contributed by atoms with E-state index >= 15 is 0 Å². The topological polar surface area (TPSA) is 49.3 Å². The van der Waals surface area contributed by atoms with Crippen LogP contribution in [0, 0.1) is 5.92 Å². The predicted molar refractivity (Wildman–Crippen MR) is 81.5 cm³/mol. The SMILES string of the molecule is O=C(CCCC1CCCCC1)NCC1(O)CCCCC1. The Morgan fingerprint density at radius 3 is 2.40 bits per heavy atom. The lowest BCUT2D eigenvalue weighted by Crippen LogP contribution is -2.44. The van der Waals surface area contributed by atoms with Gasteiger partial charge in [0, 0.05) is 13.0 Å². The van der Waals surface area contributed by atoms with Crippen molar-refractivity contribution in [1.29, 1.82) is 0 Å². The van der Waals surface area contributed by atoms with Gasteiger partial charge in [0.2, 0.25) is 5.91 Å². The van der Waals surface area contributed by atoms with Gasteiger partial charge in [0.25, 0.3) is 0 Å². The van der Waals surface area contributed by atoms with E-state index in [0.717, 1.165) is 38.0 Å². The Balaban J connectivity index is 1.55. The summed E-state index contributed by atoms with van der Waals surface area (Å²) in [6.45, 7) is 0.454. The minimum absolute atomic E-state index is 0.125. The van der Waals surface area contributed by atoms with Gasteiger partial charge in [0.05, 0.1) is 5.60 Å². The van der Waals surface area contributed by atoms with Crippen molar-refractivity contribution in [2.24, 2.45) is 5.92 Å². The molecule has 2 saturated carbocycles. The molecule has 0 bridgehead atoms. The molecule has 0 radical (unpaired) electrons. The van der Waals surface area contributed by atoms with E-state index in [9.17, 15) is 9.90 Å². The second-order valence-corrected chi connectivity index (χ2v) is 6.96. The lowest BCUT2D eigenvalue weighted by atomic mass is 9.84. The second-order valence-electron chi connectivity index (χ2n) is 6.96. The summed E-state index contributed by atoms with van der Waals surface area (Å²) in [6, 6.07) is 0. The summed E-state index contributed by atoms with van der Waals surface area (Å²) in [6.07, 6.45) is 14.8. The van der Waals surface area contributed by atoms with Crippen LogP contribution in [0.5, 0.6) is 0 Å². The van der Waals surface area contributed by atoms with Gasteiger partial charge in [-0.2, -0.15) is 0 Å². The van der Waals surface area contributed by atoms with Gasteiger partial charge in [-0.25, -0.2) is 0 Å². The highest BCUT2D eigenvalue weighted by Crippen LogP contribution is 2.28. The molecule has 0 aromatic rings. The number of amides is 1. The molecule has 0 saturated heterocycles. The average Bonchev–Trinajstić information content (AvgIpc) is 2.47. The molecule has 2 N–H and O–H groups in total. The Morgan fingerprint density at radius 2 is 1.70 bits per heavy atom. The van der Waals surface area contributed by atoms with E-state index in [0.29, 0.717) is 13.0 Å². The fourth-order valence-electron chi connectivity index (χ4n) is 3.77. The van der Waals surface area contributed by atoms with Crippen LogP contribution < -0.4 is 5.32 Å². The van der Waals surface area contributed by atoms with Crippen LogP contribution in [0.1, 0.15) is 83.5 Å². The zero-order valence-electron chi connectivity index (χ0n) is 12.8. The molecule has 3 heteroatoms. The summed E-state index contributed by atoms with van der Waals surface area (Å²) < 4.78 is 0. The Labute approximate surface area is 123 Å². The first-order chi connectivity index (χ1) is 9.68. The van der Waals surface area contributed by atoms with Crippen molar-refractivity contribution < 1.29 is 9.90 Å². The Hall–Kier alpha value is -0.570. The molecule has 2 aliphatic carbocycles. The van der Waals surface area contributed by atoms with Gasteiger partial charge in [-0.3, -0.25) is 4.79 Å². The predicted octanol–water partition coefficient (Wildman–Crippen LogP) is 3.55. The fraction of sp³-hybridized carbons (Fsp3) is 0.941. The number of hydrogen-bond donors (Lipinski definition) is 2. The maximum absolute atomic E-state index is 11.8. The summed E-state index contributed by atoms with van der Waals surface area (Å²) in [5.41, 5.74) is -0.628.